The summed E-state index contributed by atoms with van der Waals surface area (Å²) in [6.45, 7) is 3.95. The standard InChI is InChI=1S/C14H17N3O2S/c1-3-4-7-17-14(19)12(15)11(9(2)18)13(16-17)10-6-5-8-20-10/h5-6,8H,3-4,7,15H2,1-2H3. The third-order valence-corrected chi connectivity index (χ3v) is 3.90. The molecule has 0 aliphatic rings. The van der Waals surface area contributed by atoms with Gasteiger partial charge in [-0.25, -0.2) is 4.68 Å². The number of carbonyl (C=O) groups is 1. The van der Waals surface area contributed by atoms with Gasteiger partial charge < -0.3 is 5.73 Å². The lowest BCUT2D eigenvalue weighted by Gasteiger charge is -2.11. The molecule has 0 saturated heterocycles. The molecule has 2 aromatic rings. The Balaban J connectivity index is 2.67. The Morgan fingerprint density at radius 3 is 2.80 bits per heavy atom. The first kappa shape index (κ1) is 14.5. The molecule has 2 rings (SSSR count). The summed E-state index contributed by atoms with van der Waals surface area (Å²) in [7, 11) is 0. The quantitative estimate of drug-likeness (QED) is 0.859. The van der Waals surface area contributed by atoms with Crippen molar-refractivity contribution >= 4 is 22.8 Å². The van der Waals surface area contributed by atoms with Crippen LogP contribution in [-0.2, 0) is 6.54 Å². The van der Waals surface area contributed by atoms with Gasteiger partial charge in [0.2, 0.25) is 0 Å². The van der Waals surface area contributed by atoms with Gasteiger partial charge in [0.15, 0.2) is 5.78 Å². The first-order chi connectivity index (χ1) is 9.56. The lowest BCUT2D eigenvalue weighted by Crippen LogP contribution is -2.29. The molecule has 0 aliphatic carbocycles. The van der Waals surface area contributed by atoms with E-state index in [4.69, 9.17) is 5.73 Å². The normalized spacial score (nSPS) is 10.7. The van der Waals surface area contributed by atoms with E-state index >= 15 is 0 Å². The van der Waals surface area contributed by atoms with Crippen molar-refractivity contribution in [2.45, 2.75) is 33.2 Å². The fourth-order valence-electron chi connectivity index (χ4n) is 1.99. The summed E-state index contributed by atoms with van der Waals surface area (Å²) in [5.74, 6) is -0.238. The molecule has 6 heteroatoms. The molecule has 106 valence electrons. The number of hydrogen-bond acceptors (Lipinski definition) is 5. The average Bonchev–Trinajstić information content (AvgIpc) is 2.93. The van der Waals surface area contributed by atoms with Crippen LogP contribution in [-0.4, -0.2) is 15.6 Å². The molecule has 0 unspecified atom stereocenters. The number of unbranched alkanes of at least 4 members (excludes halogenated alkanes) is 1. The van der Waals surface area contributed by atoms with Crippen molar-refractivity contribution in [1.82, 2.24) is 9.78 Å². The van der Waals surface area contributed by atoms with Gasteiger partial charge in [-0.1, -0.05) is 19.4 Å². The van der Waals surface area contributed by atoms with Gasteiger partial charge in [0.05, 0.1) is 10.4 Å². The summed E-state index contributed by atoms with van der Waals surface area (Å²) in [5, 5.41) is 6.25. The van der Waals surface area contributed by atoms with E-state index in [0.29, 0.717) is 12.2 Å². The van der Waals surface area contributed by atoms with E-state index < -0.39 is 0 Å². The van der Waals surface area contributed by atoms with Crippen LogP contribution >= 0.6 is 11.3 Å². The molecule has 0 radical (unpaired) electrons. The van der Waals surface area contributed by atoms with Crippen LogP contribution < -0.4 is 11.3 Å². The van der Waals surface area contributed by atoms with Crippen LogP contribution in [0.1, 0.15) is 37.0 Å². The zero-order valence-electron chi connectivity index (χ0n) is 11.5. The second kappa shape index (κ2) is 6.00. The molecule has 0 bridgehead atoms. The number of aromatic nitrogens is 2. The number of ketones is 1. The minimum absolute atomic E-state index is 0.00740. The summed E-state index contributed by atoms with van der Waals surface area (Å²) < 4.78 is 1.36. The molecular weight excluding hydrogens is 274 g/mol. The van der Waals surface area contributed by atoms with Crippen molar-refractivity contribution in [1.29, 1.82) is 0 Å². The van der Waals surface area contributed by atoms with Crippen LogP contribution in [0.4, 0.5) is 5.69 Å². The number of aryl methyl sites for hydroxylation is 1. The van der Waals surface area contributed by atoms with Crippen LogP contribution in [0, 0.1) is 0 Å². The summed E-state index contributed by atoms with van der Waals surface area (Å²) in [4.78, 5) is 24.8. The highest BCUT2D eigenvalue weighted by atomic mass is 32.1. The van der Waals surface area contributed by atoms with Gasteiger partial charge in [-0.15, -0.1) is 11.3 Å². The van der Waals surface area contributed by atoms with Gasteiger partial charge in [0, 0.05) is 6.54 Å². The SMILES string of the molecule is CCCCn1nc(-c2cccs2)c(C(C)=O)c(N)c1=O. The van der Waals surface area contributed by atoms with E-state index in [1.807, 2.05) is 24.4 Å². The number of anilines is 1. The number of thiophene rings is 1. The number of Topliss-reactive ketones (excluding diaryl/α,β-unsaturated/α-hetero) is 1. The molecule has 0 saturated carbocycles. The molecular formula is C14H17N3O2S. The predicted octanol–water partition coefficient (Wildman–Crippen LogP) is 2.56. The van der Waals surface area contributed by atoms with Gasteiger partial charge in [0.25, 0.3) is 5.56 Å². The highest BCUT2D eigenvalue weighted by molar-refractivity contribution is 7.13. The Bertz CT molecular complexity index is 674. The molecule has 2 heterocycles. The fourth-order valence-corrected chi connectivity index (χ4v) is 2.71. The Morgan fingerprint density at radius 1 is 1.50 bits per heavy atom. The topological polar surface area (TPSA) is 78.0 Å². The number of nitrogen functional groups attached to an aromatic ring is 1. The lowest BCUT2D eigenvalue weighted by atomic mass is 10.1. The molecule has 0 spiro atoms. The van der Waals surface area contributed by atoms with Gasteiger partial charge in [-0.05, 0) is 24.8 Å². The Hall–Kier alpha value is -1.95. The maximum Gasteiger partial charge on any atom is 0.290 e. The summed E-state index contributed by atoms with van der Waals surface area (Å²) in [6.07, 6.45) is 1.80. The lowest BCUT2D eigenvalue weighted by molar-refractivity contribution is 0.101. The van der Waals surface area contributed by atoms with Crippen LogP contribution in [0.5, 0.6) is 0 Å². The first-order valence-electron chi connectivity index (χ1n) is 6.51. The second-order valence-electron chi connectivity index (χ2n) is 4.55. The minimum Gasteiger partial charge on any atom is -0.394 e. The first-order valence-corrected chi connectivity index (χ1v) is 7.39. The van der Waals surface area contributed by atoms with Crippen molar-refractivity contribution in [2.75, 3.05) is 5.73 Å². The number of nitrogens with two attached hydrogens (primary N) is 1. The molecule has 0 fully saturated rings. The smallest absolute Gasteiger partial charge is 0.290 e. The minimum atomic E-state index is -0.385. The van der Waals surface area contributed by atoms with E-state index in [2.05, 4.69) is 5.10 Å². The van der Waals surface area contributed by atoms with Gasteiger partial charge in [-0.2, -0.15) is 5.10 Å². The summed E-state index contributed by atoms with van der Waals surface area (Å²) >= 11 is 1.47. The Morgan fingerprint density at radius 2 is 2.25 bits per heavy atom. The maximum atomic E-state index is 12.1. The molecule has 0 amide bonds. The zero-order valence-corrected chi connectivity index (χ0v) is 12.4. The van der Waals surface area contributed by atoms with Gasteiger partial charge in [-0.3, -0.25) is 9.59 Å². The number of hydrogen-bond donors (Lipinski definition) is 1. The number of rotatable bonds is 5. The Labute approximate surface area is 121 Å². The largest absolute Gasteiger partial charge is 0.394 e. The van der Waals surface area contributed by atoms with Gasteiger partial charge in [0.1, 0.15) is 11.4 Å². The van der Waals surface area contributed by atoms with Crippen molar-refractivity contribution in [3.63, 3.8) is 0 Å². The molecule has 0 aliphatic heterocycles. The third-order valence-electron chi connectivity index (χ3n) is 3.02. The zero-order chi connectivity index (χ0) is 14.7. The summed E-state index contributed by atoms with van der Waals surface area (Å²) in [5.41, 5.74) is 6.21. The molecule has 2 aromatic heterocycles. The van der Waals surface area contributed by atoms with Crippen molar-refractivity contribution in [2.24, 2.45) is 0 Å². The molecule has 0 atom stereocenters. The van der Waals surface area contributed by atoms with Crippen LogP contribution in [0.3, 0.4) is 0 Å². The molecule has 2 N–H and O–H groups in total. The third kappa shape index (κ3) is 2.65. The highest BCUT2D eigenvalue weighted by Crippen LogP contribution is 2.28. The average molecular weight is 291 g/mol. The van der Waals surface area contributed by atoms with E-state index in [1.54, 1.807) is 0 Å². The fraction of sp³-hybridized carbons (Fsp3) is 0.357. The van der Waals surface area contributed by atoms with E-state index in [0.717, 1.165) is 17.7 Å². The molecule has 20 heavy (non-hydrogen) atoms. The van der Waals surface area contributed by atoms with Crippen LogP contribution in [0.15, 0.2) is 22.3 Å². The van der Waals surface area contributed by atoms with Crippen molar-refractivity contribution < 1.29 is 4.79 Å². The van der Waals surface area contributed by atoms with E-state index in [1.165, 1.54) is 22.9 Å². The highest BCUT2D eigenvalue weighted by Gasteiger charge is 2.20. The maximum absolute atomic E-state index is 12.1. The van der Waals surface area contributed by atoms with E-state index in [-0.39, 0.29) is 22.6 Å². The van der Waals surface area contributed by atoms with E-state index in [9.17, 15) is 9.59 Å². The van der Waals surface area contributed by atoms with Crippen LogP contribution in [0.2, 0.25) is 0 Å². The van der Waals surface area contributed by atoms with Crippen molar-refractivity contribution in [3.8, 4) is 10.6 Å². The number of carbonyl (C=O) groups excluding carboxylic acids is 1. The summed E-state index contributed by atoms with van der Waals surface area (Å²) in [6, 6.07) is 3.75. The number of nitrogens with zero attached hydrogens (tertiary/aromatic N) is 2. The van der Waals surface area contributed by atoms with Crippen molar-refractivity contribution in [3.05, 3.63) is 33.4 Å². The second-order valence-corrected chi connectivity index (χ2v) is 5.50. The molecule has 5 nitrogen and oxygen atoms in total. The Kier molecular flexibility index (Phi) is 4.34. The monoisotopic (exact) mass is 291 g/mol. The van der Waals surface area contributed by atoms with Gasteiger partial charge >= 0.3 is 0 Å². The predicted molar refractivity (Wildman–Crippen MR) is 81.1 cm³/mol. The molecule has 0 aromatic carbocycles. The van der Waals surface area contributed by atoms with Crippen LogP contribution in [0.25, 0.3) is 10.6 Å².